The molecule has 1 atom stereocenters. The van der Waals surface area contributed by atoms with Crippen molar-refractivity contribution in [1.82, 2.24) is 4.72 Å². The first-order valence-electron chi connectivity index (χ1n) is 7.31. The zero-order valence-electron chi connectivity index (χ0n) is 13.8. The molecule has 0 radical (unpaired) electrons. The third-order valence-corrected chi connectivity index (χ3v) is 4.86. The lowest BCUT2D eigenvalue weighted by Gasteiger charge is -2.30. The van der Waals surface area contributed by atoms with Gasteiger partial charge >= 0.3 is 5.97 Å². The van der Waals surface area contributed by atoms with Crippen molar-refractivity contribution in [2.45, 2.75) is 52.0 Å². The molecule has 0 unspecified atom stereocenters. The second-order valence-corrected chi connectivity index (χ2v) is 8.10. The van der Waals surface area contributed by atoms with Gasteiger partial charge in [0.15, 0.2) is 0 Å². The van der Waals surface area contributed by atoms with Gasteiger partial charge in [0.25, 0.3) is 0 Å². The van der Waals surface area contributed by atoms with Gasteiger partial charge in [-0.05, 0) is 24.5 Å². The molecule has 0 aliphatic heterocycles. The number of hydrogen-bond acceptors (Lipinski definition) is 4. The van der Waals surface area contributed by atoms with E-state index in [1.165, 1.54) is 0 Å². The molecule has 1 N–H and O–H groups in total. The predicted molar refractivity (Wildman–Crippen MR) is 86.0 cm³/mol. The summed E-state index contributed by atoms with van der Waals surface area (Å²) in [5.41, 5.74) is 0.606. The Morgan fingerprint density at radius 2 is 1.77 bits per heavy atom. The van der Waals surface area contributed by atoms with Gasteiger partial charge < -0.3 is 4.74 Å². The van der Waals surface area contributed by atoms with E-state index in [0.717, 1.165) is 5.56 Å². The summed E-state index contributed by atoms with van der Waals surface area (Å²) in [4.78, 5) is 11.5. The Kier molecular flexibility index (Phi) is 6.14. The van der Waals surface area contributed by atoms with Crippen LogP contribution in [0.15, 0.2) is 29.2 Å². The van der Waals surface area contributed by atoms with Crippen molar-refractivity contribution >= 4 is 16.0 Å². The van der Waals surface area contributed by atoms with Crippen LogP contribution in [0.2, 0.25) is 0 Å². The summed E-state index contributed by atoms with van der Waals surface area (Å²) in [5, 5.41) is 0. The Hall–Kier alpha value is -1.40. The summed E-state index contributed by atoms with van der Waals surface area (Å²) in [6.07, 6.45) is 0.265. The summed E-state index contributed by atoms with van der Waals surface area (Å²) in [5.74, 6) is -0.344. The van der Waals surface area contributed by atoms with Crippen LogP contribution in [-0.2, 0) is 19.6 Å². The van der Waals surface area contributed by atoms with Gasteiger partial charge in [-0.2, -0.15) is 0 Å². The number of nitrogens with one attached hydrogen (secondary N) is 1. The largest absolute Gasteiger partial charge is 0.464 e. The molecule has 0 heterocycles. The van der Waals surface area contributed by atoms with Crippen molar-refractivity contribution in [3.05, 3.63) is 29.8 Å². The highest BCUT2D eigenvalue weighted by Crippen LogP contribution is 2.22. The number of sulfonamides is 1. The standard InChI is InChI=1S/C16H25NO4S/c1-6-15(18)21-11-14(16(3,4)5)17-22(19,20)13-9-7-12(2)8-10-13/h7-10,14,17H,6,11H2,1-5H3/t14-/m1/s1. The number of carbonyl (C=O) groups is 1. The summed E-state index contributed by atoms with van der Waals surface area (Å²) >= 11 is 0. The van der Waals surface area contributed by atoms with Gasteiger partial charge in [-0.1, -0.05) is 45.4 Å². The van der Waals surface area contributed by atoms with E-state index in [0.29, 0.717) is 0 Å². The predicted octanol–water partition coefficient (Wildman–Crippen LogP) is 2.64. The number of ether oxygens (including phenoxy) is 1. The van der Waals surface area contributed by atoms with Gasteiger partial charge in [-0.25, -0.2) is 13.1 Å². The molecular formula is C16H25NO4S. The van der Waals surface area contributed by atoms with Crippen LogP contribution in [0.4, 0.5) is 0 Å². The lowest BCUT2D eigenvalue weighted by atomic mass is 9.88. The van der Waals surface area contributed by atoms with Crippen molar-refractivity contribution in [1.29, 1.82) is 0 Å². The van der Waals surface area contributed by atoms with Crippen LogP contribution in [0.3, 0.4) is 0 Å². The third-order valence-electron chi connectivity index (χ3n) is 3.37. The van der Waals surface area contributed by atoms with Crippen LogP contribution < -0.4 is 4.72 Å². The van der Waals surface area contributed by atoms with Gasteiger partial charge in [0.05, 0.1) is 10.9 Å². The molecule has 124 valence electrons. The van der Waals surface area contributed by atoms with Crippen molar-refractivity contribution in [3.8, 4) is 0 Å². The monoisotopic (exact) mass is 327 g/mol. The Balaban J connectivity index is 2.92. The molecule has 1 aromatic carbocycles. The molecule has 1 rings (SSSR count). The van der Waals surface area contributed by atoms with E-state index in [4.69, 9.17) is 4.74 Å². The summed E-state index contributed by atoms with van der Waals surface area (Å²) < 4.78 is 32.7. The van der Waals surface area contributed by atoms with E-state index in [9.17, 15) is 13.2 Å². The molecule has 6 heteroatoms. The molecule has 0 spiro atoms. The first-order valence-corrected chi connectivity index (χ1v) is 8.79. The number of aryl methyl sites for hydroxylation is 1. The van der Waals surface area contributed by atoms with Gasteiger partial charge in [0.1, 0.15) is 6.61 Å². The fourth-order valence-corrected chi connectivity index (χ4v) is 3.14. The molecule has 22 heavy (non-hydrogen) atoms. The van der Waals surface area contributed by atoms with Gasteiger partial charge in [0, 0.05) is 6.42 Å². The zero-order valence-corrected chi connectivity index (χ0v) is 14.7. The Morgan fingerprint density at radius 3 is 2.23 bits per heavy atom. The minimum atomic E-state index is -3.66. The molecular weight excluding hydrogens is 302 g/mol. The van der Waals surface area contributed by atoms with Crippen molar-refractivity contribution in [2.75, 3.05) is 6.61 Å². The lowest BCUT2D eigenvalue weighted by molar-refractivity contribution is -0.144. The topological polar surface area (TPSA) is 72.5 Å². The summed E-state index contributed by atoms with van der Waals surface area (Å²) in [6, 6.07) is 6.12. The van der Waals surface area contributed by atoms with Crippen LogP contribution >= 0.6 is 0 Å². The zero-order chi connectivity index (χ0) is 17.0. The number of hydrogen-bond donors (Lipinski definition) is 1. The molecule has 0 aromatic heterocycles. The van der Waals surface area contributed by atoms with Crippen molar-refractivity contribution in [3.63, 3.8) is 0 Å². The summed E-state index contributed by atoms with van der Waals surface area (Å²) in [6.45, 7) is 9.30. The maximum Gasteiger partial charge on any atom is 0.305 e. The smallest absolute Gasteiger partial charge is 0.305 e. The fraction of sp³-hybridized carbons (Fsp3) is 0.562. The van der Waals surface area contributed by atoms with E-state index >= 15 is 0 Å². The fourth-order valence-electron chi connectivity index (χ4n) is 1.71. The maximum atomic E-state index is 12.5. The minimum Gasteiger partial charge on any atom is -0.464 e. The molecule has 0 amide bonds. The van der Waals surface area contributed by atoms with Crippen LogP contribution in [0.25, 0.3) is 0 Å². The minimum absolute atomic E-state index is 0.0151. The van der Waals surface area contributed by atoms with E-state index in [1.54, 1.807) is 31.2 Å². The van der Waals surface area contributed by atoms with Crippen LogP contribution in [0.1, 0.15) is 39.7 Å². The van der Waals surface area contributed by atoms with Crippen molar-refractivity contribution < 1.29 is 17.9 Å². The second kappa shape index (κ2) is 7.24. The number of rotatable bonds is 6. The number of esters is 1. The SMILES string of the molecule is CCC(=O)OC[C@@H](NS(=O)(=O)c1ccc(C)cc1)C(C)(C)C. The van der Waals surface area contributed by atoms with Crippen LogP contribution in [-0.4, -0.2) is 27.0 Å². The summed E-state index contributed by atoms with van der Waals surface area (Å²) in [7, 11) is -3.66. The van der Waals surface area contributed by atoms with Gasteiger partial charge in [0.2, 0.25) is 10.0 Å². The lowest BCUT2D eigenvalue weighted by Crippen LogP contribution is -2.47. The molecule has 0 saturated carbocycles. The third kappa shape index (κ3) is 5.42. The van der Waals surface area contributed by atoms with E-state index in [2.05, 4.69) is 4.72 Å². The van der Waals surface area contributed by atoms with Gasteiger partial charge in [-0.15, -0.1) is 0 Å². The maximum absolute atomic E-state index is 12.5. The molecule has 1 aromatic rings. The molecule has 0 aliphatic rings. The molecule has 5 nitrogen and oxygen atoms in total. The quantitative estimate of drug-likeness (QED) is 0.815. The van der Waals surface area contributed by atoms with Crippen molar-refractivity contribution in [2.24, 2.45) is 5.41 Å². The average Bonchev–Trinajstić information content (AvgIpc) is 2.42. The van der Waals surface area contributed by atoms with E-state index in [-0.39, 0.29) is 29.3 Å². The Labute approximate surface area is 133 Å². The highest BCUT2D eigenvalue weighted by Gasteiger charge is 2.30. The number of carbonyl (C=O) groups excluding carboxylic acids is 1. The van der Waals surface area contributed by atoms with Gasteiger partial charge in [-0.3, -0.25) is 4.79 Å². The normalized spacial score (nSPS) is 13.7. The van der Waals surface area contributed by atoms with E-state index in [1.807, 2.05) is 27.7 Å². The first-order chi connectivity index (χ1) is 10.1. The van der Waals surface area contributed by atoms with Crippen LogP contribution in [0.5, 0.6) is 0 Å². The Morgan fingerprint density at radius 1 is 1.23 bits per heavy atom. The molecule has 0 fully saturated rings. The number of benzene rings is 1. The molecule has 0 bridgehead atoms. The Bertz CT molecular complexity index is 600. The van der Waals surface area contributed by atoms with E-state index < -0.39 is 16.1 Å². The second-order valence-electron chi connectivity index (χ2n) is 6.39. The average molecular weight is 327 g/mol. The molecule has 0 aliphatic carbocycles. The first kappa shape index (κ1) is 18.6. The highest BCUT2D eigenvalue weighted by molar-refractivity contribution is 7.89. The van der Waals surface area contributed by atoms with Crippen LogP contribution in [0, 0.1) is 12.3 Å². The molecule has 0 saturated heterocycles. The highest BCUT2D eigenvalue weighted by atomic mass is 32.2.